The number of nitrogens with one attached hydrogen (secondary N) is 1. The molecule has 0 bridgehead atoms. The van der Waals surface area contributed by atoms with Crippen molar-refractivity contribution in [1.29, 1.82) is 0 Å². The van der Waals surface area contributed by atoms with Crippen LogP contribution in [-0.2, 0) is 0 Å². The molecule has 0 spiro atoms. The number of anilines is 1. The van der Waals surface area contributed by atoms with Gasteiger partial charge in [0.2, 0.25) is 5.95 Å². The average Bonchev–Trinajstić information content (AvgIpc) is 2.87. The predicted octanol–water partition coefficient (Wildman–Crippen LogP) is 2.99. The highest BCUT2D eigenvalue weighted by molar-refractivity contribution is 7.10. The quantitative estimate of drug-likeness (QED) is 0.860. The van der Waals surface area contributed by atoms with E-state index in [9.17, 15) is 0 Å². The smallest absolute Gasteiger partial charge is 0.203 e. The fourth-order valence-electron chi connectivity index (χ4n) is 1.59. The Morgan fingerprint density at radius 2 is 2.47 bits per heavy atom. The van der Waals surface area contributed by atoms with Gasteiger partial charge in [-0.15, -0.1) is 11.3 Å². The van der Waals surface area contributed by atoms with Gasteiger partial charge >= 0.3 is 0 Å². The maximum atomic E-state index is 4.29. The molecule has 2 rings (SSSR count). The van der Waals surface area contributed by atoms with Gasteiger partial charge in [0, 0.05) is 23.8 Å². The van der Waals surface area contributed by atoms with E-state index in [2.05, 4.69) is 46.2 Å². The summed E-state index contributed by atoms with van der Waals surface area (Å²) < 4.78 is 2.16. The van der Waals surface area contributed by atoms with E-state index in [4.69, 9.17) is 0 Å². The van der Waals surface area contributed by atoms with Gasteiger partial charge in [-0.25, -0.2) is 4.98 Å². The third kappa shape index (κ3) is 2.04. The minimum absolute atomic E-state index is 0.349. The normalized spacial score (nSPS) is 12.7. The van der Waals surface area contributed by atoms with Crippen molar-refractivity contribution in [3.63, 3.8) is 0 Å². The molecular weight excluding hydrogens is 206 g/mol. The van der Waals surface area contributed by atoms with Crippen molar-refractivity contribution in [3.05, 3.63) is 34.8 Å². The molecule has 2 aromatic rings. The summed E-state index contributed by atoms with van der Waals surface area (Å²) in [4.78, 5) is 5.65. The minimum atomic E-state index is 0.349. The van der Waals surface area contributed by atoms with Gasteiger partial charge in [0.05, 0.1) is 6.04 Å². The van der Waals surface area contributed by atoms with Crippen LogP contribution in [0.3, 0.4) is 0 Å². The molecule has 0 amide bonds. The summed E-state index contributed by atoms with van der Waals surface area (Å²) in [7, 11) is 0. The van der Waals surface area contributed by atoms with E-state index in [0.29, 0.717) is 6.04 Å². The zero-order valence-electron chi connectivity index (χ0n) is 8.97. The number of thiophene rings is 1. The Morgan fingerprint density at radius 1 is 1.60 bits per heavy atom. The van der Waals surface area contributed by atoms with Crippen LogP contribution in [-0.4, -0.2) is 16.1 Å². The molecule has 0 saturated heterocycles. The molecule has 2 aromatic heterocycles. The SMILES string of the molecule is CCNc1nccn1C(C)c1cccs1. The standard InChI is InChI=1S/C11H15N3S/c1-3-12-11-13-6-7-14(11)9(2)10-5-4-8-15-10/h4-9H,3H2,1-2H3,(H,12,13). The predicted molar refractivity (Wildman–Crippen MR) is 64.5 cm³/mol. The summed E-state index contributed by atoms with van der Waals surface area (Å²) >= 11 is 1.78. The molecule has 3 nitrogen and oxygen atoms in total. The highest BCUT2D eigenvalue weighted by Crippen LogP contribution is 2.25. The largest absolute Gasteiger partial charge is 0.356 e. The van der Waals surface area contributed by atoms with E-state index in [1.807, 2.05) is 12.4 Å². The highest BCUT2D eigenvalue weighted by atomic mass is 32.1. The molecule has 0 aliphatic rings. The van der Waals surface area contributed by atoms with E-state index in [0.717, 1.165) is 12.5 Å². The summed E-state index contributed by atoms with van der Waals surface area (Å²) in [5, 5.41) is 5.36. The molecule has 1 unspecified atom stereocenters. The first-order valence-electron chi connectivity index (χ1n) is 5.13. The van der Waals surface area contributed by atoms with Gasteiger partial charge in [0.1, 0.15) is 0 Å². The minimum Gasteiger partial charge on any atom is -0.356 e. The Hall–Kier alpha value is -1.29. The van der Waals surface area contributed by atoms with Crippen molar-refractivity contribution in [2.75, 3.05) is 11.9 Å². The van der Waals surface area contributed by atoms with Crippen molar-refractivity contribution >= 4 is 17.3 Å². The average molecular weight is 221 g/mol. The maximum Gasteiger partial charge on any atom is 0.203 e. The zero-order valence-corrected chi connectivity index (χ0v) is 9.79. The first kappa shape index (κ1) is 10.2. The molecule has 1 N–H and O–H groups in total. The van der Waals surface area contributed by atoms with Crippen molar-refractivity contribution in [2.24, 2.45) is 0 Å². The van der Waals surface area contributed by atoms with Gasteiger partial charge in [0.15, 0.2) is 0 Å². The Balaban J connectivity index is 2.25. The molecular formula is C11H15N3S. The topological polar surface area (TPSA) is 29.9 Å². The highest BCUT2D eigenvalue weighted by Gasteiger charge is 2.11. The van der Waals surface area contributed by atoms with E-state index < -0.39 is 0 Å². The van der Waals surface area contributed by atoms with Crippen LogP contribution < -0.4 is 5.32 Å². The maximum absolute atomic E-state index is 4.29. The number of nitrogens with zero attached hydrogens (tertiary/aromatic N) is 2. The van der Waals surface area contributed by atoms with Crippen molar-refractivity contribution in [2.45, 2.75) is 19.9 Å². The number of hydrogen-bond donors (Lipinski definition) is 1. The number of imidazole rings is 1. The fourth-order valence-corrected chi connectivity index (χ4v) is 2.37. The van der Waals surface area contributed by atoms with Gasteiger partial charge in [0.25, 0.3) is 0 Å². The lowest BCUT2D eigenvalue weighted by molar-refractivity contribution is 0.655. The van der Waals surface area contributed by atoms with Gasteiger partial charge < -0.3 is 9.88 Å². The third-order valence-corrected chi connectivity index (χ3v) is 3.42. The van der Waals surface area contributed by atoms with Crippen LogP contribution in [0.25, 0.3) is 0 Å². The van der Waals surface area contributed by atoms with Gasteiger partial charge in [-0.2, -0.15) is 0 Å². The van der Waals surface area contributed by atoms with Crippen molar-refractivity contribution in [1.82, 2.24) is 9.55 Å². The fraction of sp³-hybridized carbons (Fsp3) is 0.364. The van der Waals surface area contributed by atoms with Crippen LogP contribution in [0.1, 0.15) is 24.8 Å². The Bertz CT molecular complexity index is 405. The number of rotatable bonds is 4. The van der Waals surface area contributed by atoms with Crippen LogP contribution in [0.15, 0.2) is 29.9 Å². The lowest BCUT2D eigenvalue weighted by atomic mass is 10.3. The third-order valence-electron chi connectivity index (χ3n) is 2.38. The molecule has 4 heteroatoms. The molecule has 1 atom stereocenters. The Morgan fingerprint density at radius 3 is 3.13 bits per heavy atom. The summed E-state index contributed by atoms with van der Waals surface area (Å²) in [6.07, 6.45) is 3.85. The number of hydrogen-bond acceptors (Lipinski definition) is 3. The van der Waals surface area contributed by atoms with Gasteiger partial charge in [-0.05, 0) is 25.3 Å². The van der Waals surface area contributed by atoms with E-state index in [1.54, 1.807) is 11.3 Å². The molecule has 0 aromatic carbocycles. The second-order valence-electron chi connectivity index (χ2n) is 3.38. The molecule has 0 aliphatic carbocycles. The lowest BCUT2D eigenvalue weighted by Crippen LogP contribution is -2.10. The summed E-state index contributed by atoms with van der Waals surface area (Å²) in [6, 6.07) is 4.59. The van der Waals surface area contributed by atoms with E-state index in [1.165, 1.54) is 4.88 Å². The van der Waals surface area contributed by atoms with E-state index >= 15 is 0 Å². The lowest BCUT2D eigenvalue weighted by Gasteiger charge is -2.15. The molecule has 0 radical (unpaired) electrons. The Labute approximate surface area is 93.8 Å². The second kappa shape index (κ2) is 4.49. The van der Waals surface area contributed by atoms with Crippen LogP contribution in [0, 0.1) is 0 Å². The van der Waals surface area contributed by atoms with Crippen LogP contribution >= 0.6 is 11.3 Å². The van der Waals surface area contributed by atoms with Gasteiger partial charge in [-0.3, -0.25) is 0 Å². The molecule has 15 heavy (non-hydrogen) atoms. The molecule has 80 valence electrons. The van der Waals surface area contributed by atoms with Crippen LogP contribution in [0.2, 0.25) is 0 Å². The molecule has 0 saturated carbocycles. The number of aromatic nitrogens is 2. The van der Waals surface area contributed by atoms with Crippen LogP contribution in [0.5, 0.6) is 0 Å². The van der Waals surface area contributed by atoms with Gasteiger partial charge in [-0.1, -0.05) is 6.07 Å². The van der Waals surface area contributed by atoms with Crippen molar-refractivity contribution < 1.29 is 0 Å². The molecule has 0 fully saturated rings. The monoisotopic (exact) mass is 221 g/mol. The van der Waals surface area contributed by atoms with Crippen molar-refractivity contribution in [3.8, 4) is 0 Å². The second-order valence-corrected chi connectivity index (χ2v) is 4.36. The Kier molecular flexibility index (Phi) is 3.06. The molecule has 2 heterocycles. The first-order valence-corrected chi connectivity index (χ1v) is 6.01. The summed E-state index contributed by atoms with van der Waals surface area (Å²) in [5.74, 6) is 0.943. The van der Waals surface area contributed by atoms with E-state index in [-0.39, 0.29) is 0 Å². The first-order chi connectivity index (χ1) is 7.33. The van der Waals surface area contributed by atoms with Crippen LogP contribution in [0.4, 0.5) is 5.95 Å². The summed E-state index contributed by atoms with van der Waals surface area (Å²) in [5.41, 5.74) is 0. The zero-order chi connectivity index (χ0) is 10.7. The summed E-state index contributed by atoms with van der Waals surface area (Å²) in [6.45, 7) is 5.16. The molecule has 0 aliphatic heterocycles.